The van der Waals surface area contributed by atoms with E-state index in [2.05, 4.69) is 42.1 Å². The van der Waals surface area contributed by atoms with Gasteiger partial charge in [0.1, 0.15) is 5.69 Å². The average molecular weight is 326 g/mol. The summed E-state index contributed by atoms with van der Waals surface area (Å²) in [6.07, 6.45) is 3.50. The first-order valence-electron chi connectivity index (χ1n) is 8.51. The van der Waals surface area contributed by atoms with Crippen LogP contribution in [0.1, 0.15) is 48.3 Å². The van der Waals surface area contributed by atoms with E-state index in [1.807, 2.05) is 24.0 Å². The highest BCUT2D eigenvalue weighted by Gasteiger charge is 2.16. The van der Waals surface area contributed by atoms with E-state index in [4.69, 9.17) is 0 Å². The molecule has 128 valence electrons. The summed E-state index contributed by atoms with van der Waals surface area (Å²) in [4.78, 5) is 23.1. The standard InChI is InChI=1S/C19H26N4O/c1-5-11-23(12-6-2)18(24)17-9-10-20-19(22-17)21-16-8-7-14(3)13-15(16)4/h7-10,13H,5-6,11-12H2,1-4H3,(H,20,21,22). The molecule has 1 aromatic heterocycles. The summed E-state index contributed by atoms with van der Waals surface area (Å²) in [5.74, 6) is 0.408. The largest absolute Gasteiger partial charge is 0.337 e. The Bertz CT molecular complexity index is 694. The second-order valence-corrected chi connectivity index (χ2v) is 6.00. The Balaban J connectivity index is 2.20. The van der Waals surface area contributed by atoms with E-state index >= 15 is 0 Å². The van der Waals surface area contributed by atoms with Gasteiger partial charge < -0.3 is 10.2 Å². The number of benzene rings is 1. The Morgan fingerprint density at radius 3 is 2.46 bits per heavy atom. The lowest BCUT2D eigenvalue weighted by molar-refractivity contribution is 0.0749. The third kappa shape index (κ3) is 4.54. The van der Waals surface area contributed by atoms with Crippen LogP contribution in [-0.2, 0) is 0 Å². The van der Waals surface area contributed by atoms with Gasteiger partial charge in [0.2, 0.25) is 5.95 Å². The van der Waals surface area contributed by atoms with E-state index in [0.717, 1.165) is 37.2 Å². The number of aromatic nitrogens is 2. The van der Waals surface area contributed by atoms with E-state index in [1.165, 1.54) is 5.56 Å². The number of rotatable bonds is 7. The first-order chi connectivity index (χ1) is 11.5. The Labute approximate surface area is 144 Å². The lowest BCUT2D eigenvalue weighted by Gasteiger charge is -2.21. The van der Waals surface area contributed by atoms with Gasteiger partial charge in [-0.15, -0.1) is 0 Å². The highest BCUT2D eigenvalue weighted by atomic mass is 16.2. The van der Waals surface area contributed by atoms with Crippen molar-refractivity contribution in [3.63, 3.8) is 0 Å². The first-order valence-corrected chi connectivity index (χ1v) is 8.51. The molecule has 2 rings (SSSR count). The van der Waals surface area contributed by atoms with E-state index in [-0.39, 0.29) is 5.91 Å². The fourth-order valence-corrected chi connectivity index (χ4v) is 2.63. The molecule has 0 aliphatic rings. The summed E-state index contributed by atoms with van der Waals surface area (Å²) >= 11 is 0. The van der Waals surface area contributed by atoms with Crippen molar-refractivity contribution in [3.8, 4) is 0 Å². The van der Waals surface area contributed by atoms with Crippen LogP contribution in [0.25, 0.3) is 0 Å². The number of nitrogens with one attached hydrogen (secondary N) is 1. The van der Waals surface area contributed by atoms with Crippen molar-refractivity contribution in [1.82, 2.24) is 14.9 Å². The maximum Gasteiger partial charge on any atom is 0.272 e. The first kappa shape index (κ1) is 17.9. The Morgan fingerprint density at radius 2 is 1.83 bits per heavy atom. The zero-order valence-corrected chi connectivity index (χ0v) is 15.0. The number of nitrogens with zero attached hydrogens (tertiary/aromatic N) is 3. The molecule has 0 atom stereocenters. The van der Waals surface area contributed by atoms with E-state index < -0.39 is 0 Å². The highest BCUT2D eigenvalue weighted by molar-refractivity contribution is 5.92. The van der Waals surface area contributed by atoms with Crippen LogP contribution in [0.4, 0.5) is 11.6 Å². The molecule has 5 nitrogen and oxygen atoms in total. The van der Waals surface area contributed by atoms with Crippen molar-refractivity contribution in [1.29, 1.82) is 0 Å². The van der Waals surface area contributed by atoms with Crippen LogP contribution in [0.15, 0.2) is 30.5 Å². The van der Waals surface area contributed by atoms with Crippen molar-refractivity contribution in [3.05, 3.63) is 47.3 Å². The van der Waals surface area contributed by atoms with Gasteiger partial charge in [0.05, 0.1) is 0 Å². The summed E-state index contributed by atoms with van der Waals surface area (Å²) in [7, 11) is 0. The topological polar surface area (TPSA) is 58.1 Å². The molecule has 1 aromatic carbocycles. The fraction of sp³-hybridized carbons (Fsp3) is 0.421. The second-order valence-electron chi connectivity index (χ2n) is 6.00. The van der Waals surface area contributed by atoms with Gasteiger partial charge in [0, 0.05) is 25.0 Å². The van der Waals surface area contributed by atoms with Gasteiger partial charge in [0.15, 0.2) is 0 Å². The number of anilines is 2. The lowest BCUT2D eigenvalue weighted by Crippen LogP contribution is -2.33. The maximum atomic E-state index is 12.6. The van der Waals surface area contributed by atoms with Gasteiger partial charge in [-0.1, -0.05) is 31.5 Å². The van der Waals surface area contributed by atoms with Gasteiger partial charge in [-0.2, -0.15) is 0 Å². The average Bonchev–Trinajstić information content (AvgIpc) is 2.57. The molecule has 2 aromatic rings. The third-order valence-electron chi connectivity index (χ3n) is 3.78. The zero-order chi connectivity index (χ0) is 17.5. The smallest absolute Gasteiger partial charge is 0.272 e. The summed E-state index contributed by atoms with van der Waals surface area (Å²) in [5.41, 5.74) is 3.70. The summed E-state index contributed by atoms with van der Waals surface area (Å²) in [5, 5.41) is 3.20. The zero-order valence-electron chi connectivity index (χ0n) is 15.0. The van der Waals surface area contributed by atoms with Crippen LogP contribution in [0, 0.1) is 13.8 Å². The molecule has 0 saturated carbocycles. The van der Waals surface area contributed by atoms with Crippen molar-refractivity contribution in [2.45, 2.75) is 40.5 Å². The number of amides is 1. The molecule has 0 fully saturated rings. The predicted molar refractivity (Wildman–Crippen MR) is 97.7 cm³/mol. The van der Waals surface area contributed by atoms with Gasteiger partial charge >= 0.3 is 0 Å². The van der Waals surface area contributed by atoms with E-state index in [9.17, 15) is 4.79 Å². The molecule has 0 saturated heterocycles. The monoisotopic (exact) mass is 326 g/mol. The number of aryl methyl sites for hydroxylation is 2. The SMILES string of the molecule is CCCN(CCC)C(=O)c1ccnc(Nc2ccc(C)cc2C)n1. The Morgan fingerprint density at radius 1 is 1.12 bits per heavy atom. The van der Waals surface area contributed by atoms with Crippen molar-refractivity contribution in [2.75, 3.05) is 18.4 Å². The van der Waals surface area contributed by atoms with Crippen LogP contribution < -0.4 is 5.32 Å². The Kier molecular flexibility index (Phi) is 6.29. The molecule has 0 bridgehead atoms. The minimum atomic E-state index is -0.0372. The molecule has 0 aliphatic carbocycles. The van der Waals surface area contributed by atoms with Gasteiger partial charge in [-0.3, -0.25) is 4.79 Å². The number of carbonyl (C=O) groups is 1. The van der Waals surface area contributed by atoms with E-state index in [1.54, 1.807) is 12.3 Å². The molecular formula is C19H26N4O. The van der Waals surface area contributed by atoms with Gasteiger partial charge in [-0.25, -0.2) is 9.97 Å². The molecule has 0 radical (unpaired) electrons. The van der Waals surface area contributed by atoms with E-state index in [0.29, 0.717) is 11.6 Å². The quantitative estimate of drug-likeness (QED) is 0.832. The third-order valence-corrected chi connectivity index (χ3v) is 3.78. The van der Waals surface area contributed by atoms with Crippen molar-refractivity contribution >= 4 is 17.5 Å². The summed E-state index contributed by atoms with van der Waals surface area (Å²) in [6.45, 7) is 9.73. The second kappa shape index (κ2) is 8.43. The number of hydrogen-bond donors (Lipinski definition) is 1. The number of carbonyl (C=O) groups excluding carboxylic acids is 1. The molecule has 1 N–H and O–H groups in total. The maximum absolute atomic E-state index is 12.6. The van der Waals surface area contributed by atoms with Crippen LogP contribution in [0.3, 0.4) is 0 Å². The summed E-state index contributed by atoms with van der Waals surface area (Å²) in [6, 6.07) is 7.81. The molecule has 0 spiro atoms. The van der Waals surface area contributed by atoms with Crippen molar-refractivity contribution < 1.29 is 4.79 Å². The molecular weight excluding hydrogens is 300 g/mol. The predicted octanol–water partition coefficient (Wildman–Crippen LogP) is 4.10. The van der Waals surface area contributed by atoms with Gasteiger partial charge in [0.25, 0.3) is 5.91 Å². The van der Waals surface area contributed by atoms with Crippen LogP contribution in [-0.4, -0.2) is 33.9 Å². The molecule has 0 aliphatic heterocycles. The molecule has 0 unspecified atom stereocenters. The highest BCUT2D eigenvalue weighted by Crippen LogP contribution is 2.19. The van der Waals surface area contributed by atoms with Gasteiger partial charge in [-0.05, 0) is 44.4 Å². The van der Waals surface area contributed by atoms with Crippen LogP contribution in [0.2, 0.25) is 0 Å². The van der Waals surface area contributed by atoms with Crippen molar-refractivity contribution in [2.24, 2.45) is 0 Å². The molecule has 24 heavy (non-hydrogen) atoms. The number of hydrogen-bond acceptors (Lipinski definition) is 4. The summed E-state index contributed by atoms with van der Waals surface area (Å²) < 4.78 is 0. The lowest BCUT2D eigenvalue weighted by atomic mass is 10.1. The Hall–Kier alpha value is -2.43. The van der Waals surface area contributed by atoms with Crippen LogP contribution in [0.5, 0.6) is 0 Å². The normalized spacial score (nSPS) is 10.5. The van der Waals surface area contributed by atoms with Crippen LogP contribution >= 0.6 is 0 Å². The minimum Gasteiger partial charge on any atom is -0.337 e. The minimum absolute atomic E-state index is 0.0372. The molecule has 5 heteroatoms. The molecule has 1 amide bonds. The molecule has 1 heterocycles. The fourth-order valence-electron chi connectivity index (χ4n) is 2.63.